The number of nitrogen functional groups attached to an aromatic ring is 1. The smallest absolute Gasteiger partial charge is 0.195 e. The van der Waals surface area contributed by atoms with Crippen molar-refractivity contribution in [3.05, 3.63) is 58.3 Å². The van der Waals surface area contributed by atoms with Crippen molar-refractivity contribution in [1.29, 1.82) is 0 Å². The van der Waals surface area contributed by atoms with Crippen LogP contribution < -0.4 is 5.73 Å². The summed E-state index contributed by atoms with van der Waals surface area (Å²) in [6.07, 6.45) is 1.55. The van der Waals surface area contributed by atoms with Crippen molar-refractivity contribution in [1.82, 2.24) is 4.98 Å². The van der Waals surface area contributed by atoms with Gasteiger partial charge in [-0.25, -0.2) is 4.98 Å². The second-order valence-electron chi connectivity index (χ2n) is 3.26. The molecule has 2 N–H and O–H groups in total. The summed E-state index contributed by atoms with van der Waals surface area (Å²) in [7, 11) is 0. The Morgan fingerprint density at radius 2 is 1.88 bits per heavy atom. The van der Waals surface area contributed by atoms with Crippen LogP contribution in [0.5, 0.6) is 0 Å². The standard InChI is InChI=1S/C12H9BrN2O/c13-12-10(14)9(6-7-15-12)11(16)8-4-2-1-3-5-8/h1-7H,14H2. The van der Waals surface area contributed by atoms with E-state index in [-0.39, 0.29) is 5.78 Å². The molecule has 2 aromatic rings. The van der Waals surface area contributed by atoms with E-state index < -0.39 is 0 Å². The summed E-state index contributed by atoms with van der Waals surface area (Å²) in [4.78, 5) is 16.0. The molecular weight excluding hydrogens is 268 g/mol. The van der Waals surface area contributed by atoms with Gasteiger partial charge < -0.3 is 5.73 Å². The summed E-state index contributed by atoms with van der Waals surface area (Å²) in [5.41, 5.74) is 7.25. The summed E-state index contributed by atoms with van der Waals surface area (Å²) in [5, 5.41) is 0. The van der Waals surface area contributed by atoms with Gasteiger partial charge in [0.1, 0.15) is 4.60 Å². The Kier molecular flexibility index (Phi) is 3.01. The summed E-state index contributed by atoms with van der Waals surface area (Å²) in [6, 6.07) is 10.6. The molecule has 0 fully saturated rings. The zero-order valence-corrected chi connectivity index (χ0v) is 9.94. The number of aromatic nitrogens is 1. The molecule has 0 aliphatic carbocycles. The maximum atomic E-state index is 12.1. The van der Waals surface area contributed by atoms with Crippen LogP contribution in [-0.4, -0.2) is 10.8 Å². The Morgan fingerprint density at radius 1 is 1.19 bits per heavy atom. The lowest BCUT2D eigenvalue weighted by Gasteiger charge is -2.05. The average Bonchev–Trinajstić information content (AvgIpc) is 2.33. The summed E-state index contributed by atoms with van der Waals surface area (Å²) >= 11 is 3.20. The van der Waals surface area contributed by atoms with Gasteiger partial charge >= 0.3 is 0 Å². The molecule has 80 valence electrons. The predicted octanol–water partition coefficient (Wildman–Crippen LogP) is 2.66. The number of anilines is 1. The largest absolute Gasteiger partial charge is 0.396 e. The van der Waals surface area contributed by atoms with Crippen LogP contribution in [0.4, 0.5) is 5.69 Å². The molecule has 0 aliphatic heterocycles. The van der Waals surface area contributed by atoms with Gasteiger partial charge in [0, 0.05) is 17.3 Å². The third kappa shape index (κ3) is 1.97. The number of nitrogens with two attached hydrogens (primary N) is 1. The first-order valence-corrected chi connectivity index (χ1v) is 5.49. The van der Waals surface area contributed by atoms with Crippen LogP contribution in [0.3, 0.4) is 0 Å². The number of carbonyl (C=O) groups is 1. The van der Waals surface area contributed by atoms with Crippen molar-refractivity contribution in [2.75, 3.05) is 5.73 Å². The van der Waals surface area contributed by atoms with E-state index in [1.165, 1.54) is 0 Å². The molecule has 3 nitrogen and oxygen atoms in total. The molecule has 2 rings (SSSR count). The molecule has 0 radical (unpaired) electrons. The molecule has 0 atom stereocenters. The Hall–Kier alpha value is -1.68. The van der Waals surface area contributed by atoms with E-state index in [4.69, 9.17) is 5.73 Å². The first-order valence-electron chi connectivity index (χ1n) is 4.70. The summed E-state index contributed by atoms with van der Waals surface area (Å²) in [5.74, 6) is -0.0961. The van der Waals surface area contributed by atoms with Crippen LogP contribution in [0.25, 0.3) is 0 Å². The van der Waals surface area contributed by atoms with Crippen molar-refractivity contribution in [2.45, 2.75) is 0 Å². The van der Waals surface area contributed by atoms with Crippen molar-refractivity contribution < 1.29 is 4.79 Å². The second kappa shape index (κ2) is 4.45. The third-order valence-electron chi connectivity index (χ3n) is 2.22. The highest BCUT2D eigenvalue weighted by atomic mass is 79.9. The maximum Gasteiger partial charge on any atom is 0.195 e. The fourth-order valence-corrected chi connectivity index (χ4v) is 1.72. The third-order valence-corrected chi connectivity index (χ3v) is 2.85. The van der Waals surface area contributed by atoms with E-state index in [1.807, 2.05) is 18.2 Å². The van der Waals surface area contributed by atoms with Crippen LogP contribution in [0.2, 0.25) is 0 Å². The first kappa shape index (κ1) is 10.8. The monoisotopic (exact) mass is 276 g/mol. The highest BCUT2D eigenvalue weighted by Gasteiger charge is 2.13. The molecule has 0 saturated heterocycles. The maximum absolute atomic E-state index is 12.1. The number of halogens is 1. The van der Waals surface area contributed by atoms with E-state index >= 15 is 0 Å². The predicted molar refractivity (Wildman–Crippen MR) is 66.2 cm³/mol. The lowest BCUT2D eigenvalue weighted by atomic mass is 10.0. The topological polar surface area (TPSA) is 56.0 Å². The average molecular weight is 277 g/mol. The van der Waals surface area contributed by atoms with Gasteiger partial charge in [-0.15, -0.1) is 0 Å². The van der Waals surface area contributed by atoms with E-state index in [0.717, 1.165) is 0 Å². The number of nitrogens with zero attached hydrogens (tertiary/aromatic N) is 1. The number of hydrogen-bond donors (Lipinski definition) is 1. The minimum atomic E-state index is -0.0961. The normalized spacial score (nSPS) is 10.1. The lowest BCUT2D eigenvalue weighted by molar-refractivity contribution is 0.103. The summed E-state index contributed by atoms with van der Waals surface area (Å²) < 4.78 is 0.495. The molecule has 0 amide bonds. The molecule has 0 unspecified atom stereocenters. The second-order valence-corrected chi connectivity index (χ2v) is 4.01. The van der Waals surface area contributed by atoms with Crippen molar-refractivity contribution in [3.8, 4) is 0 Å². The van der Waals surface area contributed by atoms with Gasteiger partial charge in [0.05, 0.1) is 5.69 Å². The lowest BCUT2D eigenvalue weighted by Crippen LogP contribution is -2.06. The zero-order chi connectivity index (χ0) is 11.5. The molecule has 1 aromatic heterocycles. The van der Waals surface area contributed by atoms with Crippen LogP contribution in [0.15, 0.2) is 47.2 Å². The summed E-state index contributed by atoms with van der Waals surface area (Å²) in [6.45, 7) is 0. The van der Waals surface area contributed by atoms with Gasteiger partial charge in [-0.2, -0.15) is 0 Å². The Labute approximate surface area is 101 Å². The van der Waals surface area contributed by atoms with E-state index in [2.05, 4.69) is 20.9 Å². The van der Waals surface area contributed by atoms with Crippen molar-refractivity contribution in [3.63, 3.8) is 0 Å². The number of carbonyl (C=O) groups excluding carboxylic acids is 1. The van der Waals surface area contributed by atoms with E-state index in [9.17, 15) is 4.79 Å². The fraction of sp³-hybridized carbons (Fsp3) is 0. The zero-order valence-electron chi connectivity index (χ0n) is 8.35. The van der Waals surface area contributed by atoms with Crippen LogP contribution in [0, 0.1) is 0 Å². The number of hydrogen-bond acceptors (Lipinski definition) is 3. The number of rotatable bonds is 2. The fourth-order valence-electron chi connectivity index (χ4n) is 1.39. The van der Waals surface area contributed by atoms with Crippen molar-refractivity contribution >= 4 is 27.4 Å². The molecule has 0 spiro atoms. The number of benzene rings is 1. The molecule has 1 heterocycles. The van der Waals surface area contributed by atoms with Gasteiger partial charge in [0.15, 0.2) is 5.78 Å². The minimum Gasteiger partial charge on any atom is -0.396 e. The van der Waals surface area contributed by atoms with Crippen molar-refractivity contribution in [2.24, 2.45) is 0 Å². The molecular formula is C12H9BrN2O. The molecule has 0 aliphatic rings. The van der Waals surface area contributed by atoms with Gasteiger partial charge in [-0.05, 0) is 22.0 Å². The Morgan fingerprint density at radius 3 is 2.56 bits per heavy atom. The number of ketones is 1. The molecule has 0 bridgehead atoms. The van der Waals surface area contributed by atoms with Crippen LogP contribution in [-0.2, 0) is 0 Å². The molecule has 0 saturated carbocycles. The molecule has 16 heavy (non-hydrogen) atoms. The Balaban J connectivity index is 2.46. The van der Waals surface area contributed by atoms with Crippen LogP contribution >= 0.6 is 15.9 Å². The number of pyridine rings is 1. The van der Waals surface area contributed by atoms with Gasteiger partial charge in [0.2, 0.25) is 0 Å². The van der Waals surface area contributed by atoms with Crippen LogP contribution in [0.1, 0.15) is 15.9 Å². The van der Waals surface area contributed by atoms with Gasteiger partial charge in [-0.3, -0.25) is 4.79 Å². The molecule has 1 aromatic carbocycles. The van der Waals surface area contributed by atoms with Gasteiger partial charge in [-0.1, -0.05) is 30.3 Å². The highest BCUT2D eigenvalue weighted by Crippen LogP contribution is 2.22. The van der Waals surface area contributed by atoms with E-state index in [1.54, 1.807) is 24.4 Å². The van der Waals surface area contributed by atoms with Gasteiger partial charge in [0.25, 0.3) is 0 Å². The highest BCUT2D eigenvalue weighted by molar-refractivity contribution is 9.10. The van der Waals surface area contributed by atoms with E-state index in [0.29, 0.717) is 21.4 Å². The Bertz CT molecular complexity index is 526. The first-order chi connectivity index (χ1) is 7.70. The molecule has 4 heteroatoms. The quantitative estimate of drug-likeness (QED) is 0.678. The minimum absolute atomic E-state index is 0.0961. The SMILES string of the molecule is Nc1c(C(=O)c2ccccc2)ccnc1Br.